The SMILES string of the molecule is CC(C)(C)c1cc2cc(CC(C)(C)c3cc4ccccc4c(O)c3O)ccc2cc1O. The summed E-state index contributed by atoms with van der Waals surface area (Å²) in [5.41, 5.74) is 2.24. The molecule has 3 heteroatoms. The van der Waals surface area contributed by atoms with E-state index in [2.05, 4.69) is 52.8 Å². The van der Waals surface area contributed by atoms with E-state index in [1.807, 2.05) is 42.5 Å². The summed E-state index contributed by atoms with van der Waals surface area (Å²) >= 11 is 0. The summed E-state index contributed by atoms with van der Waals surface area (Å²) in [5.74, 6) is 0.207. The maximum atomic E-state index is 10.8. The Morgan fingerprint density at radius 3 is 2.03 bits per heavy atom. The zero-order valence-corrected chi connectivity index (χ0v) is 18.8. The summed E-state index contributed by atoms with van der Waals surface area (Å²) in [4.78, 5) is 0. The number of hydrogen-bond acceptors (Lipinski definition) is 3. The molecule has 0 heterocycles. The van der Waals surface area contributed by atoms with Crippen molar-refractivity contribution in [2.75, 3.05) is 0 Å². The van der Waals surface area contributed by atoms with E-state index < -0.39 is 5.41 Å². The molecule has 4 aromatic rings. The van der Waals surface area contributed by atoms with Crippen molar-refractivity contribution in [2.24, 2.45) is 0 Å². The van der Waals surface area contributed by atoms with Crippen LogP contribution in [0, 0.1) is 0 Å². The fourth-order valence-corrected chi connectivity index (χ4v) is 4.48. The van der Waals surface area contributed by atoms with Crippen molar-refractivity contribution in [3.63, 3.8) is 0 Å². The van der Waals surface area contributed by atoms with E-state index in [0.29, 0.717) is 17.6 Å². The van der Waals surface area contributed by atoms with Crippen molar-refractivity contribution in [3.8, 4) is 17.2 Å². The molecule has 0 amide bonds. The minimum atomic E-state index is -0.400. The number of aromatic hydroxyl groups is 3. The normalized spacial score (nSPS) is 12.5. The molecule has 160 valence electrons. The van der Waals surface area contributed by atoms with Crippen LogP contribution in [0.4, 0.5) is 0 Å². The van der Waals surface area contributed by atoms with Gasteiger partial charge in [0.25, 0.3) is 0 Å². The highest BCUT2D eigenvalue weighted by Crippen LogP contribution is 2.44. The molecule has 0 saturated heterocycles. The lowest BCUT2D eigenvalue weighted by Gasteiger charge is -2.27. The average Bonchev–Trinajstić information content (AvgIpc) is 2.69. The Hall–Kier alpha value is -3.20. The van der Waals surface area contributed by atoms with Crippen LogP contribution in [0.15, 0.2) is 60.7 Å². The van der Waals surface area contributed by atoms with E-state index in [1.165, 1.54) is 0 Å². The molecular formula is C28H30O3. The zero-order chi connectivity index (χ0) is 22.6. The second kappa shape index (κ2) is 7.19. The molecule has 0 aliphatic heterocycles. The largest absolute Gasteiger partial charge is 0.508 e. The third kappa shape index (κ3) is 3.81. The van der Waals surface area contributed by atoms with Gasteiger partial charge < -0.3 is 15.3 Å². The maximum Gasteiger partial charge on any atom is 0.165 e. The molecule has 0 aliphatic rings. The standard InChI is InChI=1S/C28H30O3/c1-27(2,3)22-14-20-12-17(10-11-18(20)15-24(22)29)16-28(4,5)23-13-19-8-6-7-9-21(19)25(30)26(23)31/h6-15,29-31H,16H2,1-5H3. The summed E-state index contributed by atoms with van der Waals surface area (Å²) in [7, 11) is 0. The topological polar surface area (TPSA) is 60.7 Å². The number of rotatable bonds is 3. The fraction of sp³-hybridized carbons (Fsp3) is 0.286. The highest BCUT2D eigenvalue weighted by atomic mass is 16.3. The highest BCUT2D eigenvalue weighted by Gasteiger charge is 2.27. The van der Waals surface area contributed by atoms with Gasteiger partial charge >= 0.3 is 0 Å². The molecule has 3 nitrogen and oxygen atoms in total. The van der Waals surface area contributed by atoms with Gasteiger partial charge in [-0.25, -0.2) is 0 Å². The van der Waals surface area contributed by atoms with Crippen LogP contribution in [0.1, 0.15) is 51.3 Å². The van der Waals surface area contributed by atoms with Gasteiger partial charge in [-0.1, -0.05) is 77.1 Å². The first kappa shape index (κ1) is 21.0. The Balaban J connectivity index is 1.77. The van der Waals surface area contributed by atoms with Crippen molar-refractivity contribution in [2.45, 2.75) is 51.9 Å². The van der Waals surface area contributed by atoms with Gasteiger partial charge in [0.1, 0.15) is 5.75 Å². The first-order valence-corrected chi connectivity index (χ1v) is 10.7. The van der Waals surface area contributed by atoms with E-state index >= 15 is 0 Å². The minimum absolute atomic E-state index is 0.0515. The summed E-state index contributed by atoms with van der Waals surface area (Å²) in [6, 6.07) is 19.7. The van der Waals surface area contributed by atoms with Gasteiger partial charge in [0.15, 0.2) is 11.5 Å². The van der Waals surface area contributed by atoms with Gasteiger partial charge in [0.05, 0.1) is 0 Å². The van der Waals surface area contributed by atoms with E-state index in [-0.39, 0.29) is 16.9 Å². The van der Waals surface area contributed by atoms with Crippen LogP contribution in [-0.4, -0.2) is 15.3 Å². The lowest BCUT2D eigenvalue weighted by molar-refractivity contribution is 0.388. The summed E-state index contributed by atoms with van der Waals surface area (Å²) in [6.45, 7) is 10.4. The van der Waals surface area contributed by atoms with Crippen LogP contribution in [0.25, 0.3) is 21.5 Å². The van der Waals surface area contributed by atoms with E-state index in [9.17, 15) is 15.3 Å². The summed E-state index contributed by atoms with van der Waals surface area (Å²) in [6.07, 6.45) is 0.694. The Labute approximate surface area is 183 Å². The minimum Gasteiger partial charge on any atom is -0.508 e. The summed E-state index contributed by atoms with van der Waals surface area (Å²) in [5, 5.41) is 35.4. The van der Waals surface area contributed by atoms with Crippen LogP contribution in [0.2, 0.25) is 0 Å². The molecule has 0 fully saturated rings. The number of hydrogen-bond donors (Lipinski definition) is 3. The quantitative estimate of drug-likeness (QED) is 0.319. The molecule has 4 rings (SSSR count). The van der Waals surface area contributed by atoms with Crippen molar-refractivity contribution < 1.29 is 15.3 Å². The molecular weight excluding hydrogens is 384 g/mol. The molecule has 3 N–H and O–H groups in total. The van der Waals surface area contributed by atoms with Crippen molar-refractivity contribution in [1.82, 2.24) is 0 Å². The molecule has 0 bridgehead atoms. The predicted molar refractivity (Wildman–Crippen MR) is 128 cm³/mol. The Morgan fingerprint density at radius 1 is 0.645 bits per heavy atom. The van der Waals surface area contributed by atoms with Crippen LogP contribution >= 0.6 is 0 Å². The number of benzene rings is 4. The fourth-order valence-electron chi connectivity index (χ4n) is 4.48. The number of phenolic OH excluding ortho intramolecular Hbond substituents is 3. The van der Waals surface area contributed by atoms with Crippen LogP contribution < -0.4 is 0 Å². The summed E-state index contributed by atoms with van der Waals surface area (Å²) < 4.78 is 0. The second-order valence-electron chi connectivity index (χ2n) is 10.2. The van der Waals surface area contributed by atoms with E-state index in [0.717, 1.165) is 32.8 Å². The molecule has 0 aromatic heterocycles. The zero-order valence-electron chi connectivity index (χ0n) is 18.8. The third-order valence-electron chi connectivity index (χ3n) is 6.20. The molecule has 0 radical (unpaired) electrons. The van der Waals surface area contributed by atoms with Gasteiger partial charge in [-0.3, -0.25) is 0 Å². The van der Waals surface area contributed by atoms with Crippen molar-refractivity contribution >= 4 is 21.5 Å². The third-order valence-corrected chi connectivity index (χ3v) is 6.20. The molecule has 31 heavy (non-hydrogen) atoms. The van der Waals surface area contributed by atoms with Crippen LogP contribution in [0.5, 0.6) is 17.2 Å². The van der Waals surface area contributed by atoms with Crippen LogP contribution in [0.3, 0.4) is 0 Å². The smallest absolute Gasteiger partial charge is 0.165 e. The van der Waals surface area contributed by atoms with E-state index in [4.69, 9.17) is 0 Å². The van der Waals surface area contributed by atoms with Crippen molar-refractivity contribution in [1.29, 1.82) is 0 Å². The van der Waals surface area contributed by atoms with Crippen LogP contribution in [-0.2, 0) is 17.3 Å². The second-order valence-corrected chi connectivity index (χ2v) is 10.2. The Morgan fingerprint density at radius 2 is 1.32 bits per heavy atom. The lowest BCUT2D eigenvalue weighted by Crippen LogP contribution is -2.21. The van der Waals surface area contributed by atoms with Gasteiger partial charge in [-0.15, -0.1) is 0 Å². The molecule has 4 aromatic carbocycles. The lowest BCUT2D eigenvalue weighted by atomic mass is 9.77. The highest BCUT2D eigenvalue weighted by molar-refractivity contribution is 5.92. The van der Waals surface area contributed by atoms with Gasteiger partial charge in [0.2, 0.25) is 0 Å². The first-order valence-electron chi connectivity index (χ1n) is 10.7. The molecule has 0 unspecified atom stereocenters. The Bertz CT molecular complexity index is 1290. The molecule has 0 saturated carbocycles. The van der Waals surface area contributed by atoms with Gasteiger partial charge in [0, 0.05) is 10.9 Å². The van der Waals surface area contributed by atoms with Crippen molar-refractivity contribution in [3.05, 3.63) is 77.4 Å². The first-order chi connectivity index (χ1) is 14.5. The number of phenols is 3. The molecule has 0 atom stereocenters. The predicted octanol–water partition coefficient (Wildman–Crippen LogP) is 6.93. The molecule has 0 spiro atoms. The average molecular weight is 415 g/mol. The maximum absolute atomic E-state index is 10.8. The molecule has 0 aliphatic carbocycles. The van der Waals surface area contributed by atoms with Gasteiger partial charge in [-0.2, -0.15) is 0 Å². The number of fused-ring (bicyclic) bond motifs is 2. The Kier molecular flexibility index (Phi) is 4.88. The van der Waals surface area contributed by atoms with Gasteiger partial charge in [-0.05, 0) is 62.7 Å². The van der Waals surface area contributed by atoms with E-state index in [1.54, 1.807) is 0 Å². The monoisotopic (exact) mass is 414 g/mol.